The zero-order chi connectivity index (χ0) is 14.0. The van der Waals surface area contributed by atoms with Gasteiger partial charge >= 0.3 is 0 Å². The molecule has 0 aromatic heterocycles. The van der Waals surface area contributed by atoms with Crippen molar-refractivity contribution in [2.45, 2.75) is 27.3 Å². The molecule has 2 rings (SSSR count). The summed E-state index contributed by atoms with van der Waals surface area (Å²) in [5.41, 5.74) is 12.1. The molecule has 3 heteroatoms. The van der Waals surface area contributed by atoms with E-state index in [0.717, 1.165) is 5.69 Å². The van der Waals surface area contributed by atoms with Crippen LogP contribution in [0.25, 0.3) is 0 Å². The first-order valence-electron chi connectivity index (χ1n) is 6.33. The second-order valence-electron chi connectivity index (χ2n) is 4.88. The molecule has 0 aliphatic heterocycles. The van der Waals surface area contributed by atoms with E-state index in [4.69, 9.17) is 5.73 Å². The largest absolute Gasteiger partial charge is 0.397 e. The maximum absolute atomic E-state index is 13.0. The van der Waals surface area contributed by atoms with E-state index in [-0.39, 0.29) is 5.82 Å². The van der Waals surface area contributed by atoms with Crippen LogP contribution in [0.15, 0.2) is 30.3 Å². The summed E-state index contributed by atoms with van der Waals surface area (Å²) in [5, 5.41) is 3.25. The Hall–Kier alpha value is -2.03. The summed E-state index contributed by atoms with van der Waals surface area (Å²) in [4.78, 5) is 0. The Morgan fingerprint density at radius 2 is 1.79 bits per heavy atom. The van der Waals surface area contributed by atoms with Crippen molar-refractivity contribution >= 4 is 11.4 Å². The predicted molar refractivity (Wildman–Crippen MR) is 78.8 cm³/mol. The van der Waals surface area contributed by atoms with Crippen LogP contribution < -0.4 is 11.1 Å². The average Bonchev–Trinajstić information content (AvgIpc) is 2.37. The summed E-state index contributed by atoms with van der Waals surface area (Å²) in [5.74, 6) is -0.314. The van der Waals surface area contributed by atoms with Gasteiger partial charge in [-0.1, -0.05) is 12.1 Å². The third-order valence-electron chi connectivity index (χ3n) is 3.65. The molecule has 3 N–H and O–H groups in total. The van der Waals surface area contributed by atoms with E-state index in [0.29, 0.717) is 12.2 Å². The minimum atomic E-state index is -0.314. The number of nitrogen functional groups attached to an aromatic ring is 1. The van der Waals surface area contributed by atoms with Crippen molar-refractivity contribution in [3.8, 4) is 0 Å². The molecular weight excluding hydrogens is 239 g/mol. The van der Waals surface area contributed by atoms with Gasteiger partial charge in [0.05, 0.1) is 11.4 Å². The van der Waals surface area contributed by atoms with Crippen molar-refractivity contribution in [3.63, 3.8) is 0 Å². The van der Waals surface area contributed by atoms with Crippen molar-refractivity contribution in [3.05, 3.63) is 58.4 Å². The fraction of sp³-hybridized carbons (Fsp3) is 0.250. The molecule has 2 aromatic rings. The Morgan fingerprint density at radius 3 is 2.47 bits per heavy atom. The Morgan fingerprint density at radius 1 is 1.05 bits per heavy atom. The number of anilines is 2. The van der Waals surface area contributed by atoms with E-state index in [1.165, 1.54) is 34.4 Å². The second-order valence-corrected chi connectivity index (χ2v) is 4.88. The summed E-state index contributed by atoms with van der Waals surface area (Å²) in [7, 11) is 0. The van der Waals surface area contributed by atoms with E-state index in [1.807, 2.05) is 0 Å². The van der Waals surface area contributed by atoms with Crippen molar-refractivity contribution in [1.82, 2.24) is 0 Å². The van der Waals surface area contributed by atoms with E-state index in [1.54, 1.807) is 6.07 Å². The molecule has 0 heterocycles. The van der Waals surface area contributed by atoms with Crippen LogP contribution in [0.3, 0.4) is 0 Å². The number of halogens is 1. The molecule has 0 aliphatic carbocycles. The molecule has 0 saturated heterocycles. The molecule has 0 spiro atoms. The number of nitrogens with one attached hydrogen (secondary N) is 1. The van der Waals surface area contributed by atoms with Gasteiger partial charge in [0.1, 0.15) is 5.82 Å². The van der Waals surface area contributed by atoms with Crippen LogP contribution in [0.2, 0.25) is 0 Å². The minimum Gasteiger partial charge on any atom is -0.397 e. The molecule has 0 unspecified atom stereocenters. The Bertz CT molecular complexity index is 606. The van der Waals surface area contributed by atoms with Gasteiger partial charge in [-0.15, -0.1) is 0 Å². The van der Waals surface area contributed by atoms with Crippen molar-refractivity contribution in [2.75, 3.05) is 11.1 Å². The molecule has 0 amide bonds. The van der Waals surface area contributed by atoms with Crippen LogP contribution in [-0.2, 0) is 6.54 Å². The molecular formula is C16H19FN2. The van der Waals surface area contributed by atoms with E-state index >= 15 is 0 Å². The average molecular weight is 258 g/mol. The topological polar surface area (TPSA) is 38.0 Å². The third kappa shape index (κ3) is 2.87. The predicted octanol–water partition coefficient (Wildman–Crippen LogP) is 3.95. The highest BCUT2D eigenvalue weighted by Gasteiger charge is 2.05. The molecule has 0 radical (unpaired) electrons. The Balaban J connectivity index is 2.17. The maximum Gasteiger partial charge on any atom is 0.125 e. The van der Waals surface area contributed by atoms with Crippen molar-refractivity contribution in [1.29, 1.82) is 0 Å². The maximum atomic E-state index is 13.0. The van der Waals surface area contributed by atoms with Gasteiger partial charge < -0.3 is 11.1 Å². The third-order valence-corrected chi connectivity index (χ3v) is 3.65. The van der Waals surface area contributed by atoms with Crippen molar-refractivity contribution in [2.24, 2.45) is 0 Å². The standard InChI is InChI=1S/C16H19FN2/c1-10-4-5-13(12(3)11(10)2)9-19-16-7-6-14(17)8-15(16)18/h4-8,19H,9,18H2,1-3H3. The first-order valence-corrected chi connectivity index (χ1v) is 6.33. The zero-order valence-electron chi connectivity index (χ0n) is 11.5. The van der Waals surface area contributed by atoms with Gasteiger partial charge in [-0.2, -0.15) is 0 Å². The number of hydrogen-bond acceptors (Lipinski definition) is 2. The highest BCUT2D eigenvalue weighted by molar-refractivity contribution is 5.66. The fourth-order valence-electron chi connectivity index (χ4n) is 2.09. The van der Waals surface area contributed by atoms with Crippen LogP contribution in [0, 0.1) is 26.6 Å². The SMILES string of the molecule is Cc1ccc(CNc2ccc(F)cc2N)c(C)c1C. The summed E-state index contributed by atoms with van der Waals surface area (Å²) in [6, 6.07) is 8.64. The molecule has 0 bridgehead atoms. The normalized spacial score (nSPS) is 10.5. The zero-order valence-corrected chi connectivity index (χ0v) is 11.5. The molecule has 2 nitrogen and oxygen atoms in total. The lowest BCUT2D eigenvalue weighted by Crippen LogP contribution is -2.05. The summed E-state index contributed by atoms with van der Waals surface area (Å²) in [6.45, 7) is 7.04. The molecule has 19 heavy (non-hydrogen) atoms. The molecule has 2 aromatic carbocycles. The molecule has 100 valence electrons. The number of rotatable bonds is 3. The lowest BCUT2D eigenvalue weighted by atomic mass is 9.99. The van der Waals surface area contributed by atoms with E-state index < -0.39 is 0 Å². The van der Waals surface area contributed by atoms with Gasteiger partial charge in [-0.3, -0.25) is 0 Å². The molecule has 0 saturated carbocycles. The van der Waals surface area contributed by atoms with Crippen LogP contribution >= 0.6 is 0 Å². The number of aryl methyl sites for hydroxylation is 1. The number of benzene rings is 2. The highest BCUT2D eigenvalue weighted by atomic mass is 19.1. The molecule has 0 fully saturated rings. The second kappa shape index (κ2) is 5.31. The molecule has 0 atom stereocenters. The summed E-state index contributed by atoms with van der Waals surface area (Å²) >= 11 is 0. The Kier molecular flexibility index (Phi) is 3.74. The van der Waals surface area contributed by atoms with Crippen molar-refractivity contribution < 1.29 is 4.39 Å². The van der Waals surface area contributed by atoms with E-state index in [9.17, 15) is 4.39 Å². The van der Waals surface area contributed by atoms with E-state index in [2.05, 4.69) is 38.2 Å². The van der Waals surface area contributed by atoms with Crippen LogP contribution in [0.4, 0.5) is 15.8 Å². The highest BCUT2D eigenvalue weighted by Crippen LogP contribution is 2.22. The number of hydrogen-bond donors (Lipinski definition) is 2. The summed E-state index contributed by atoms with van der Waals surface area (Å²) in [6.07, 6.45) is 0. The van der Waals surface area contributed by atoms with Crippen LogP contribution in [-0.4, -0.2) is 0 Å². The minimum absolute atomic E-state index is 0.314. The molecule has 0 aliphatic rings. The van der Waals surface area contributed by atoms with Gasteiger partial charge in [0, 0.05) is 6.54 Å². The number of nitrogens with two attached hydrogens (primary N) is 1. The van der Waals surface area contributed by atoms with Gasteiger partial charge in [0.2, 0.25) is 0 Å². The quantitative estimate of drug-likeness (QED) is 0.818. The van der Waals surface area contributed by atoms with Gasteiger partial charge in [-0.05, 0) is 61.2 Å². The van der Waals surface area contributed by atoms with Crippen LogP contribution in [0.1, 0.15) is 22.3 Å². The van der Waals surface area contributed by atoms with Gasteiger partial charge in [0.25, 0.3) is 0 Å². The lowest BCUT2D eigenvalue weighted by Gasteiger charge is -2.14. The first-order chi connectivity index (χ1) is 8.99. The first kappa shape index (κ1) is 13.4. The smallest absolute Gasteiger partial charge is 0.125 e. The van der Waals surface area contributed by atoms with Gasteiger partial charge in [-0.25, -0.2) is 4.39 Å². The van der Waals surface area contributed by atoms with Gasteiger partial charge in [0.15, 0.2) is 0 Å². The fourth-order valence-corrected chi connectivity index (χ4v) is 2.09. The monoisotopic (exact) mass is 258 g/mol. The Labute approximate surface area is 113 Å². The lowest BCUT2D eigenvalue weighted by molar-refractivity contribution is 0.628. The summed E-state index contributed by atoms with van der Waals surface area (Å²) < 4.78 is 13.0. The van der Waals surface area contributed by atoms with Crippen LogP contribution in [0.5, 0.6) is 0 Å².